The predicted molar refractivity (Wildman–Crippen MR) is 67.2 cm³/mol. The van der Waals surface area contributed by atoms with Crippen LogP contribution in [0.5, 0.6) is 0 Å². The summed E-state index contributed by atoms with van der Waals surface area (Å²) in [5.74, 6) is 0.852. The number of carbonyl (C=O) groups excluding carboxylic acids is 1. The first-order valence-corrected chi connectivity index (χ1v) is 6.03. The van der Waals surface area contributed by atoms with Gasteiger partial charge in [0.1, 0.15) is 5.82 Å². The molecule has 5 heteroatoms. The summed E-state index contributed by atoms with van der Waals surface area (Å²) < 4.78 is 1.90. The van der Waals surface area contributed by atoms with Crippen molar-refractivity contribution < 1.29 is 4.79 Å². The van der Waals surface area contributed by atoms with Crippen molar-refractivity contribution in [3.63, 3.8) is 0 Å². The Labute approximate surface area is 103 Å². The molecule has 0 spiro atoms. The van der Waals surface area contributed by atoms with Crippen molar-refractivity contribution in [2.75, 3.05) is 7.05 Å². The smallest absolute Gasteiger partial charge is 0.239 e. The first-order valence-electron chi connectivity index (χ1n) is 6.03. The topological polar surface area (TPSA) is 64.2 Å². The summed E-state index contributed by atoms with van der Waals surface area (Å²) in [6.07, 6.45) is 6.39. The van der Waals surface area contributed by atoms with Gasteiger partial charge in [-0.05, 0) is 6.42 Å². The van der Waals surface area contributed by atoms with Gasteiger partial charge in [0.2, 0.25) is 5.91 Å². The molecule has 5 nitrogen and oxygen atoms in total. The zero-order valence-electron chi connectivity index (χ0n) is 10.9. The maximum atomic E-state index is 12.0. The molecule has 0 aliphatic heterocycles. The molecular weight excluding hydrogens is 216 g/mol. The van der Waals surface area contributed by atoms with Crippen molar-refractivity contribution in [3.05, 3.63) is 18.2 Å². The van der Waals surface area contributed by atoms with Gasteiger partial charge in [0.05, 0.1) is 12.6 Å². The average Bonchev–Trinajstić information content (AvgIpc) is 2.70. The van der Waals surface area contributed by atoms with Crippen molar-refractivity contribution in [1.82, 2.24) is 14.5 Å². The quantitative estimate of drug-likeness (QED) is 0.800. The summed E-state index contributed by atoms with van der Waals surface area (Å²) in [6.45, 7) is 2.59. The average molecular weight is 238 g/mol. The molecule has 96 valence electrons. The van der Waals surface area contributed by atoms with Crippen LogP contribution in [0.3, 0.4) is 0 Å². The molecule has 0 bridgehead atoms. The fraction of sp³-hybridized carbons (Fsp3) is 0.667. The lowest BCUT2D eigenvalue weighted by atomic mass is 10.1. The largest absolute Gasteiger partial charge is 0.337 e. The Balaban J connectivity index is 2.49. The Bertz CT molecular complexity index is 361. The SMILES string of the molecule is CCCCC(N)C(=O)N(C)Cc1nccn1C. The molecule has 17 heavy (non-hydrogen) atoms. The van der Waals surface area contributed by atoms with Crippen LogP contribution in [-0.4, -0.2) is 33.4 Å². The van der Waals surface area contributed by atoms with E-state index in [9.17, 15) is 4.79 Å². The van der Waals surface area contributed by atoms with E-state index in [1.807, 2.05) is 17.8 Å². The Morgan fingerprint density at radius 2 is 2.35 bits per heavy atom. The minimum absolute atomic E-state index is 0.0125. The summed E-state index contributed by atoms with van der Waals surface area (Å²) in [5, 5.41) is 0. The fourth-order valence-corrected chi connectivity index (χ4v) is 1.67. The van der Waals surface area contributed by atoms with E-state index in [2.05, 4.69) is 11.9 Å². The van der Waals surface area contributed by atoms with Gasteiger partial charge >= 0.3 is 0 Å². The number of nitrogens with two attached hydrogens (primary N) is 1. The van der Waals surface area contributed by atoms with E-state index in [0.29, 0.717) is 6.54 Å². The molecule has 1 atom stereocenters. The second-order valence-electron chi connectivity index (χ2n) is 4.40. The minimum atomic E-state index is -0.389. The maximum absolute atomic E-state index is 12.0. The van der Waals surface area contributed by atoms with Gasteiger partial charge in [-0.15, -0.1) is 0 Å². The summed E-state index contributed by atoms with van der Waals surface area (Å²) in [5.41, 5.74) is 5.85. The number of nitrogens with zero attached hydrogens (tertiary/aromatic N) is 3. The van der Waals surface area contributed by atoms with Crippen LogP contribution in [0.4, 0.5) is 0 Å². The van der Waals surface area contributed by atoms with E-state index < -0.39 is 0 Å². The van der Waals surface area contributed by atoms with Crippen LogP contribution < -0.4 is 5.73 Å². The molecular formula is C12H22N4O. The number of rotatable bonds is 6. The highest BCUT2D eigenvalue weighted by Crippen LogP contribution is 2.05. The summed E-state index contributed by atoms with van der Waals surface area (Å²) in [7, 11) is 3.68. The molecule has 1 amide bonds. The van der Waals surface area contributed by atoms with Gasteiger partial charge in [0, 0.05) is 26.5 Å². The van der Waals surface area contributed by atoms with Crippen molar-refractivity contribution in [2.24, 2.45) is 12.8 Å². The van der Waals surface area contributed by atoms with Crippen LogP contribution in [0.25, 0.3) is 0 Å². The number of unbranched alkanes of at least 4 members (excludes halogenated alkanes) is 1. The zero-order chi connectivity index (χ0) is 12.8. The molecule has 0 saturated heterocycles. The first-order chi connectivity index (χ1) is 8.06. The van der Waals surface area contributed by atoms with E-state index >= 15 is 0 Å². The molecule has 0 aliphatic rings. The lowest BCUT2D eigenvalue weighted by Crippen LogP contribution is -2.41. The third-order valence-corrected chi connectivity index (χ3v) is 2.86. The molecule has 0 fully saturated rings. The van der Waals surface area contributed by atoms with E-state index in [1.165, 1.54) is 0 Å². The number of aromatic nitrogens is 2. The number of likely N-dealkylation sites (N-methyl/N-ethyl adjacent to an activating group) is 1. The number of hydrogen-bond acceptors (Lipinski definition) is 3. The normalized spacial score (nSPS) is 12.5. The van der Waals surface area contributed by atoms with E-state index in [-0.39, 0.29) is 11.9 Å². The van der Waals surface area contributed by atoms with Crippen LogP contribution in [0.2, 0.25) is 0 Å². The van der Waals surface area contributed by atoms with Crippen LogP contribution in [-0.2, 0) is 18.4 Å². The van der Waals surface area contributed by atoms with E-state index in [4.69, 9.17) is 5.73 Å². The van der Waals surface area contributed by atoms with Crippen LogP contribution in [0.15, 0.2) is 12.4 Å². The first kappa shape index (κ1) is 13.7. The highest BCUT2D eigenvalue weighted by molar-refractivity contribution is 5.81. The lowest BCUT2D eigenvalue weighted by Gasteiger charge is -2.20. The molecule has 1 aromatic heterocycles. The van der Waals surface area contributed by atoms with Crippen LogP contribution in [0, 0.1) is 0 Å². The highest BCUT2D eigenvalue weighted by atomic mass is 16.2. The number of imidazole rings is 1. The maximum Gasteiger partial charge on any atom is 0.239 e. The van der Waals surface area contributed by atoms with Gasteiger partial charge in [-0.25, -0.2) is 4.98 Å². The van der Waals surface area contributed by atoms with Crippen LogP contribution >= 0.6 is 0 Å². The molecule has 0 aliphatic carbocycles. The van der Waals surface area contributed by atoms with E-state index in [1.54, 1.807) is 18.1 Å². The summed E-state index contributed by atoms with van der Waals surface area (Å²) >= 11 is 0. The Morgan fingerprint density at radius 3 is 2.88 bits per heavy atom. The lowest BCUT2D eigenvalue weighted by molar-refractivity contribution is -0.132. The van der Waals surface area contributed by atoms with Crippen molar-refractivity contribution >= 4 is 5.91 Å². The van der Waals surface area contributed by atoms with Crippen LogP contribution in [0.1, 0.15) is 32.0 Å². The minimum Gasteiger partial charge on any atom is -0.337 e. The van der Waals surface area contributed by atoms with Gasteiger partial charge in [0.25, 0.3) is 0 Å². The monoisotopic (exact) mass is 238 g/mol. The second kappa shape index (κ2) is 6.39. The third-order valence-electron chi connectivity index (χ3n) is 2.86. The number of amides is 1. The van der Waals surface area contributed by atoms with Gasteiger partial charge in [-0.3, -0.25) is 4.79 Å². The molecule has 0 aromatic carbocycles. The summed E-state index contributed by atoms with van der Waals surface area (Å²) in [4.78, 5) is 17.8. The fourth-order valence-electron chi connectivity index (χ4n) is 1.67. The van der Waals surface area contributed by atoms with Gasteiger partial charge in [0.15, 0.2) is 0 Å². The molecule has 1 unspecified atom stereocenters. The molecule has 1 heterocycles. The van der Waals surface area contributed by atoms with Crippen molar-refractivity contribution in [3.8, 4) is 0 Å². The molecule has 0 saturated carbocycles. The molecule has 0 radical (unpaired) electrons. The van der Waals surface area contributed by atoms with Gasteiger partial charge in [-0.2, -0.15) is 0 Å². The van der Waals surface area contributed by atoms with Gasteiger partial charge in [-0.1, -0.05) is 19.8 Å². The standard InChI is InChI=1S/C12H22N4O/c1-4-5-6-10(13)12(17)16(3)9-11-14-7-8-15(11)2/h7-8,10H,4-6,9,13H2,1-3H3. The molecule has 1 aromatic rings. The zero-order valence-corrected chi connectivity index (χ0v) is 10.9. The predicted octanol–water partition coefficient (Wildman–Crippen LogP) is 0.896. The number of carbonyl (C=O) groups is 1. The van der Waals surface area contributed by atoms with Crippen molar-refractivity contribution in [2.45, 2.75) is 38.8 Å². The number of hydrogen-bond donors (Lipinski definition) is 1. The Kier molecular flexibility index (Phi) is 5.15. The Hall–Kier alpha value is -1.36. The summed E-state index contributed by atoms with van der Waals surface area (Å²) in [6, 6.07) is -0.389. The third kappa shape index (κ3) is 3.85. The second-order valence-corrected chi connectivity index (χ2v) is 4.40. The van der Waals surface area contributed by atoms with Crippen molar-refractivity contribution in [1.29, 1.82) is 0 Å². The Morgan fingerprint density at radius 1 is 1.65 bits per heavy atom. The highest BCUT2D eigenvalue weighted by Gasteiger charge is 2.18. The molecule has 1 rings (SSSR count). The van der Waals surface area contributed by atoms with Gasteiger partial charge < -0.3 is 15.2 Å². The molecule has 2 N–H and O–H groups in total. The van der Waals surface area contributed by atoms with E-state index in [0.717, 1.165) is 25.1 Å². The number of aryl methyl sites for hydroxylation is 1.